The highest BCUT2D eigenvalue weighted by molar-refractivity contribution is 6.48. The molecule has 0 saturated heterocycles. The summed E-state index contributed by atoms with van der Waals surface area (Å²) < 4.78 is 0. The molecule has 2 fully saturated rings. The molecule has 2 aliphatic carbocycles. The molecule has 1 aromatic carbocycles. The third-order valence-electron chi connectivity index (χ3n) is 6.84. The van der Waals surface area contributed by atoms with Crippen LogP contribution in [-0.4, -0.2) is 46.7 Å². The molecule has 1 N–H and O–H groups in total. The van der Waals surface area contributed by atoms with Gasteiger partial charge >= 0.3 is 0 Å². The fourth-order valence-electron chi connectivity index (χ4n) is 4.98. The molecule has 2 saturated carbocycles. The average Bonchev–Trinajstić information content (AvgIpc) is 3.02. The van der Waals surface area contributed by atoms with E-state index in [-0.39, 0.29) is 28.6 Å². The molecule has 0 atom stereocenters. The Bertz CT molecular complexity index is 884. The molecular formula is C24H30ClN3O3. The Hall–Kier alpha value is -2.34. The fraction of sp³-hybridized carbons (Fsp3) is 0.542. The van der Waals surface area contributed by atoms with E-state index < -0.39 is 5.91 Å². The number of nitrogens with one attached hydrogen (secondary N) is 1. The van der Waals surface area contributed by atoms with Crippen LogP contribution in [-0.2, 0) is 9.59 Å². The van der Waals surface area contributed by atoms with E-state index in [2.05, 4.69) is 5.32 Å². The van der Waals surface area contributed by atoms with Gasteiger partial charge < -0.3 is 10.2 Å². The minimum atomic E-state index is -0.415. The number of hydrogen-bond acceptors (Lipinski definition) is 4. The van der Waals surface area contributed by atoms with Gasteiger partial charge in [0.25, 0.3) is 17.7 Å². The van der Waals surface area contributed by atoms with Gasteiger partial charge in [-0.15, -0.1) is 0 Å². The highest BCUT2D eigenvalue weighted by atomic mass is 35.5. The minimum Gasteiger partial charge on any atom is -0.350 e. The van der Waals surface area contributed by atoms with E-state index in [0.717, 1.165) is 44.9 Å². The van der Waals surface area contributed by atoms with Crippen LogP contribution in [0, 0.1) is 0 Å². The molecule has 0 radical (unpaired) electrons. The normalized spacial score (nSPS) is 21.0. The first kappa shape index (κ1) is 21.9. The molecule has 7 heteroatoms. The zero-order chi connectivity index (χ0) is 22.0. The zero-order valence-corrected chi connectivity index (χ0v) is 18.8. The zero-order valence-electron chi connectivity index (χ0n) is 18.0. The summed E-state index contributed by atoms with van der Waals surface area (Å²) in [4.78, 5) is 41.5. The molecule has 0 unspecified atom stereocenters. The summed E-state index contributed by atoms with van der Waals surface area (Å²) in [6.07, 6.45) is 10.6. The molecule has 4 rings (SSSR count). The Morgan fingerprint density at radius 2 is 1.52 bits per heavy atom. The minimum absolute atomic E-state index is 0.00583. The van der Waals surface area contributed by atoms with Crippen molar-refractivity contribution in [2.45, 2.75) is 76.3 Å². The maximum absolute atomic E-state index is 12.9. The summed E-state index contributed by atoms with van der Waals surface area (Å²) in [6.45, 7) is 0. The van der Waals surface area contributed by atoms with E-state index in [1.165, 1.54) is 24.2 Å². The van der Waals surface area contributed by atoms with E-state index >= 15 is 0 Å². The third kappa shape index (κ3) is 4.49. The maximum atomic E-state index is 12.9. The number of carbonyl (C=O) groups is 3. The lowest BCUT2D eigenvalue weighted by molar-refractivity contribution is -0.140. The fourth-order valence-corrected chi connectivity index (χ4v) is 5.20. The number of hydrogen-bond donors (Lipinski definition) is 1. The summed E-state index contributed by atoms with van der Waals surface area (Å²) in [5, 5.41) is 2.95. The van der Waals surface area contributed by atoms with E-state index in [1.807, 2.05) is 11.9 Å². The Kier molecular flexibility index (Phi) is 6.65. The van der Waals surface area contributed by atoms with Crippen molar-refractivity contribution < 1.29 is 14.4 Å². The molecule has 0 bridgehead atoms. The Morgan fingerprint density at radius 3 is 2.13 bits per heavy atom. The maximum Gasteiger partial charge on any atom is 0.279 e. The number of carbonyl (C=O) groups excluding carboxylic acids is 3. The van der Waals surface area contributed by atoms with Crippen LogP contribution in [0.4, 0.5) is 5.69 Å². The molecule has 1 heterocycles. The van der Waals surface area contributed by atoms with Gasteiger partial charge in [0.2, 0.25) is 0 Å². The number of imide groups is 1. The topological polar surface area (TPSA) is 69.7 Å². The Balaban J connectivity index is 1.43. The number of nitrogens with zero attached hydrogens (tertiary/aromatic N) is 2. The molecular weight excluding hydrogens is 414 g/mol. The summed E-state index contributed by atoms with van der Waals surface area (Å²) >= 11 is 6.24. The van der Waals surface area contributed by atoms with E-state index in [0.29, 0.717) is 17.3 Å². The van der Waals surface area contributed by atoms with Crippen LogP contribution in [0.2, 0.25) is 0 Å². The van der Waals surface area contributed by atoms with Gasteiger partial charge in [-0.05, 0) is 49.9 Å². The predicted octanol–water partition coefficient (Wildman–Crippen LogP) is 4.66. The standard InChI is InChI=1S/C24H30ClN3O3/c1-27(18-8-4-2-5-9-18)22(29)16-12-14-17(15-13-16)26-21-20(25)23(30)28(24(21)31)19-10-6-3-7-11-19/h12-15,18-19,26H,2-11H2,1H3. The van der Waals surface area contributed by atoms with Crippen LogP contribution in [0.1, 0.15) is 74.6 Å². The van der Waals surface area contributed by atoms with Crippen molar-refractivity contribution in [3.05, 3.63) is 40.6 Å². The number of anilines is 1. The third-order valence-corrected chi connectivity index (χ3v) is 7.19. The molecule has 3 aliphatic rings. The first-order valence-electron chi connectivity index (χ1n) is 11.4. The van der Waals surface area contributed by atoms with Crippen LogP contribution in [0.5, 0.6) is 0 Å². The molecule has 166 valence electrons. The molecule has 31 heavy (non-hydrogen) atoms. The van der Waals surface area contributed by atoms with Crippen LogP contribution in [0.15, 0.2) is 35.0 Å². The van der Waals surface area contributed by atoms with E-state index in [4.69, 9.17) is 11.6 Å². The first-order chi connectivity index (χ1) is 15.0. The van der Waals surface area contributed by atoms with Crippen molar-refractivity contribution in [1.29, 1.82) is 0 Å². The lowest BCUT2D eigenvalue weighted by atomic mass is 9.94. The van der Waals surface area contributed by atoms with Crippen molar-refractivity contribution in [3.63, 3.8) is 0 Å². The van der Waals surface area contributed by atoms with Gasteiger partial charge in [0.15, 0.2) is 0 Å². The van der Waals surface area contributed by atoms with Crippen molar-refractivity contribution in [2.24, 2.45) is 0 Å². The molecule has 1 aliphatic heterocycles. The van der Waals surface area contributed by atoms with Crippen LogP contribution < -0.4 is 5.32 Å². The van der Waals surface area contributed by atoms with Crippen molar-refractivity contribution >= 4 is 35.0 Å². The van der Waals surface area contributed by atoms with Crippen LogP contribution in [0.3, 0.4) is 0 Å². The smallest absolute Gasteiger partial charge is 0.279 e. The number of rotatable bonds is 5. The van der Waals surface area contributed by atoms with Gasteiger partial charge in [-0.3, -0.25) is 19.3 Å². The molecule has 6 nitrogen and oxygen atoms in total. The van der Waals surface area contributed by atoms with Crippen molar-refractivity contribution in [1.82, 2.24) is 9.80 Å². The lowest BCUT2D eigenvalue weighted by Crippen LogP contribution is -2.42. The number of amides is 3. The van der Waals surface area contributed by atoms with E-state index in [9.17, 15) is 14.4 Å². The number of benzene rings is 1. The lowest BCUT2D eigenvalue weighted by Gasteiger charge is -2.31. The van der Waals surface area contributed by atoms with Crippen molar-refractivity contribution in [2.75, 3.05) is 12.4 Å². The molecule has 1 aromatic rings. The monoisotopic (exact) mass is 443 g/mol. The quantitative estimate of drug-likeness (QED) is 0.672. The van der Waals surface area contributed by atoms with Gasteiger partial charge in [-0.25, -0.2) is 0 Å². The van der Waals surface area contributed by atoms with Crippen molar-refractivity contribution in [3.8, 4) is 0 Å². The predicted molar refractivity (Wildman–Crippen MR) is 121 cm³/mol. The second kappa shape index (κ2) is 9.43. The highest BCUT2D eigenvalue weighted by Crippen LogP contribution is 2.32. The van der Waals surface area contributed by atoms with Gasteiger partial charge in [-0.2, -0.15) is 0 Å². The van der Waals surface area contributed by atoms with Gasteiger partial charge in [0.1, 0.15) is 10.7 Å². The van der Waals surface area contributed by atoms with Gasteiger partial charge in [0, 0.05) is 30.4 Å². The SMILES string of the molecule is CN(C(=O)c1ccc(NC2=C(Cl)C(=O)N(C3CCCCC3)C2=O)cc1)C1CCCCC1. The Morgan fingerprint density at radius 1 is 0.935 bits per heavy atom. The molecule has 0 aromatic heterocycles. The summed E-state index contributed by atoms with van der Waals surface area (Å²) in [5.74, 6) is -0.771. The average molecular weight is 444 g/mol. The van der Waals surface area contributed by atoms with Crippen LogP contribution in [0.25, 0.3) is 0 Å². The van der Waals surface area contributed by atoms with Gasteiger partial charge in [0.05, 0.1) is 0 Å². The summed E-state index contributed by atoms with van der Waals surface area (Å²) in [7, 11) is 1.87. The van der Waals surface area contributed by atoms with Crippen LogP contribution >= 0.6 is 11.6 Å². The molecule has 3 amide bonds. The second-order valence-corrected chi connectivity index (χ2v) is 9.25. The molecule has 0 spiro atoms. The van der Waals surface area contributed by atoms with E-state index in [1.54, 1.807) is 24.3 Å². The highest BCUT2D eigenvalue weighted by Gasteiger charge is 2.42. The Labute approximate surface area is 188 Å². The largest absolute Gasteiger partial charge is 0.350 e. The van der Waals surface area contributed by atoms with Gasteiger partial charge in [-0.1, -0.05) is 50.1 Å². The number of halogens is 1. The summed E-state index contributed by atoms with van der Waals surface area (Å²) in [6, 6.07) is 7.23. The second-order valence-electron chi connectivity index (χ2n) is 8.87. The first-order valence-corrected chi connectivity index (χ1v) is 11.8. The summed E-state index contributed by atoms with van der Waals surface area (Å²) in [5.41, 5.74) is 1.35.